The Kier molecular flexibility index (Phi) is 5.14. The lowest BCUT2D eigenvalue weighted by atomic mass is 10.1. The Bertz CT molecular complexity index is 771. The monoisotopic (exact) mass is 337 g/mol. The van der Waals surface area contributed by atoms with Gasteiger partial charge in [0.25, 0.3) is 0 Å². The number of nitrogens with one attached hydrogen (secondary N) is 1. The maximum absolute atomic E-state index is 12.4. The lowest BCUT2D eigenvalue weighted by Crippen LogP contribution is -2.35. The smallest absolute Gasteiger partial charge is 0.245 e. The molecule has 1 unspecified atom stereocenters. The number of piperidine rings is 1. The van der Waals surface area contributed by atoms with Crippen LogP contribution < -0.4 is 16.0 Å². The van der Waals surface area contributed by atoms with Crippen LogP contribution in [0.3, 0.4) is 0 Å². The normalized spacial score (nSPS) is 15.8. The first-order valence-electron chi connectivity index (χ1n) is 8.58. The summed E-state index contributed by atoms with van der Waals surface area (Å²) in [7, 11) is 0. The summed E-state index contributed by atoms with van der Waals surface area (Å²) in [4.78, 5) is 26.3. The van der Waals surface area contributed by atoms with Gasteiger partial charge in [0.05, 0.1) is 0 Å². The third kappa shape index (κ3) is 4.06. The van der Waals surface area contributed by atoms with Crippen molar-refractivity contribution in [2.45, 2.75) is 32.2 Å². The van der Waals surface area contributed by atoms with Gasteiger partial charge in [0, 0.05) is 24.3 Å². The quantitative estimate of drug-likeness (QED) is 0.900. The molecule has 3 rings (SSSR count). The van der Waals surface area contributed by atoms with E-state index in [2.05, 4.69) is 5.32 Å². The summed E-state index contributed by atoms with van der Waals surface area (Å²) in [6.07, 6.45) is 2.52. The van der Waals surface area contributed by atoms with Gasteiger partial charge >= 0.3 is 0 Å². The van der Waals surface area contributed by atoms with Crippen LogP contribution in [0, 0.1) is 6.92 Å². The number of benzene rings is 2. The molecule has 3 N–H and O–H groups in total. The van der Waals surface area contributed by atoms with Crippen LogP contribution in [-0.4, -0.2) is 18.4 Å². The van der Waals surface area contributed by atoms with Crippen LogP contribution in [0.1, 0.15) is 36.4 Å². The molecule has 0 aromatic heterocycles. The summed E-state index contributed by atoms with van der Waals surface area (Å²) in [5.41, 5.74) is 9.41. The highest BCUT2D eigenvalue weighted by Crippen LogP contribution is 2.24. The number of nitrogens with two attached hydrogens (primary N) is 1. The van der Waals surface area contributed by atoms with Gasteiger partial charge in [0.2, 0.25) is 11.8 Å². The molecule has 2 amide bonds. The molecule has 0 radical (unpaired) electrons. The molecule has 2 aromatic rings. The summed E-state index contributed by atoms with van der Waals surface area (Å²) in [6, 6.07) is 14.2. The van der Waals surface area contributed by atoms with Gasteiger partial charge in [-0.3, -0.25) is 9.59 Å². The maximum Gasteiger partial charge on any atom is 0.245 e. The van der Waals surface area contributed by atoms with Crippen molar-refractivity contribution >= 4 is 23.2 Å². The zero-order valence-corrected chi connectivity index (χ0v) is 14.4. The van der Waals surface area contributed by atoms with Crippen LogP contribution >= 0.6 is 0 Å². The minimum Gasteiger partial charge on any atom is -0.324 e. The number of rotatable bonds is 4. The molecule has 1 fully saturated rings. The number of anilines is 2. The molecule has 5 heteroatoms. The Morgan fingerprint density at radius 2 is 1.92 bits per heavy atom. The highest BCUT2D eigenvalue weighted by molar-refractivity contribution is 5.97. The van der Waals surface area contributed by atoms with E-state index in [1.54, 1.807) is 11.0 Å². The van der Waals surface area contributed by atoms with Crippen LogP contribution in [0.2, 0.25) is 0 Å². The van der Waals surface area contributed by atoms with Gasteiger partial charge < -0.3 is 16.0 Å². The lowest BCUT2D eigenvalue weighted by Gasteiger charge is -2.27. The zero-order chi connectivity index (χ0) is 17.8. The molecule has 0 saturated carbocycles. The Labute approximate surface area is 147 Å². The van der Waals surface area contributed by atoms with E-state index in [4.69, 9.17) is 5.73 Å². The molecule has 2 aromatic carbocycles. The molecule has 0 bridgehead atoms. The number of amides is 2. The summed E-state index contributed by atoms with van der Waals surface area (Å²) >= 11 is 0. The summed E-state index contributed by atoms with van der Waals surface area (Å²) in [5.74, 6) is -0.142. The van der Waals surface area contributed by atoms with Crippen molar-refractivity contribution in [3.8, 4) is 0 Å². The maximum atomic E-state index is 12.4. The standard InChI is InChI=1S/C20H23N3O2/c1-14-8-10-15(11-9-14)19(21)20(25)22-16-5-4-6-17(13-16)23-12-3-2-7-18(23)24/h4-6,8-11,13,19H,2-3,7,12,21H2,1H3,(H,22,25). The zero-order valence-electron chi connectivity index (χ0n) is 14.4. The Balaban J connectivity index is 1.72. The van der Waals surface area contributed by atoms with Crippen molar-refractivity contribution in [3.05, 3.63) is 59.7 Å². The number of aryl methyl sites for hydroxylation is 1. The highest BCUT2D eigenvalue weighted by atomic mass is 16.2. The molecule has 1 saturated heterocycles. The largest absolute Gasteiger partial charge is 0.324 e. The second kappa shape index (κ2) is 7.49. The number of nitrogens with zero attached hydrogens (tertiary/aromatic N) is 1. The molecule has 25 heavy (non-hydrogen) atoms. The average molecular weight is 337 g/mol. The van der Waals surface area contributed by atoms with Gasteiger partial charge in [-0.25, -0.2) is 0 Å². The van der Waals surface area contributed by atoms with E-state index >= 15 is 0 Å². The average Bonchev–Trinajstić information content (AvgIpc) is 2.62. The van der Waals surface area contributed by atoms with Crippen LogP contribution in [-0.2, 0) is 9.59 Å². The molecule has 1 aliphatic rings. The van der Waals surface area contributed by atoms with E-state index in [1.165, 1.54) is 0 Å². The van der Waals surface area contributed by atoms with Crippen molar-refractivity contribution in [1.29, 1.82) is 0 Å². The topological polar surface area (TPSA) is 75.4 Å². The van der Waals surface area contributed by atoms with Gasteiger partial charge in [-0.05, 0) is 43.5 Å². The molecular formula is C20H23N3O2. The second-order valence-electron chi connectivity index (χ2n) is 6.43. The van der Waals surface area contributed by atoms with Crippen molar-refractivity contribution in [2.75, 3.05) is 16.8 Å². The Morgan fingerprint density at radius 3 is 2.64 bits per heavy atom. The molecular weight excluding hydrogens is 314 g/mol. The molecule has 1 heterocycles. The number of hydrogen-bond acceptors (Lipinski definition) is 3. The van der Waals surface area contributed by atoms with Crippen molar-refractivity contribution in [3.63, 3.8) is 0 Å². The van der Waals surface area contributed by atoms with Crippen LogP contribution in [0.4, 0.5) is 11.4 Å². The molecule has 0 spiro atoms. The van der Waals surface area contributed by atoms with Crippen LogP contribution in [0.25, 0.3) is 0 Å². The van der Waals surface area contributed by atoms with Gasteiger partial charge in [-0.2, -0.15) is 0 Å². The van der Waals surface area contributed by atoms with E-state index in [0.717, 1.165) is 36.2 Å². The highest BCUT2D eigenvalue weighted by Gasteiger charge is 2.20. The number of carbonyl (C=O) groups excluding carboxylic acids is 2. The Hall–Kier alpha value is -2.66. The number of hydrogen-bond donors (Lipinski definition) is 2. The molecule has 5 nitrogen and oxygen atoms in total. The third-order valence-corrected chi connectivity index (χ3v) is 4.47. The van der Waals surface area contributed by atoms with Crippen molar-refractivity contribution in [1.82, 2.24) is 0 Å². The fourth-order valence-electron chi connectivity index (χ4n) is 2.98. The summed E-state index contributed by atoms with van der Waals surface area (Å²) in [6.45, 7) is 2.71. The first-order chi connectivity index (χ1) is 12.0. The second-order valence-corrected chi connectivity index (χ2v) is 6.43. The van der Waals surface area contributed by atoms with Crippen molar-refractivity contribution < 1.29 is 9.59 Å². The van der Waals surface area contributed by atoms with Crippen molar-refractivity contribution in [2.24, 2.45) is 5.73 Å². The molecule has 1 atom stereocenters. The third-order valence-electron chi connectivity index (χ3n) is 4.47. The minimum atomic E-state index is -0.735. The van der Waals surface area contributed by atoms with E-state index in [1.807, 2.05) is 49.4 Å². The summed E-state index contributed by atoms with van der Waals surface area (Å²) < 4.78 is 0. The number of carbonyl (C=O) groups is 2. The van der Waals surface area contributed by atoms with Gasteiger partial charge in [-0.1, -0.05) is 35.9 Å². The van der Waals surface area contributed by atoms with Gasteiger partial charge in [0.15, 0.2) is 0 Å². The van der Waals surface area contributed by atoms with Gasteiger partial charge in [0.1, 0.15) is 6.04 Å². The molecule has 130 valence electrons. The molecule has 0 aliphatic carbocycles. The summed E-state index contributed by atoms with van der Waals surface area (Å²) in [5, 5.41) is 2.85. The van der Waals surface area contributed by atoms with E-state index in [9.17, 15) is 9.59 Å². The van der Waals surface area contributed by atoms with Crippen LogP contribution in [0.15, 0.2) is 48.5 Å². The van der Waals surface area contributed by atoms with Crippen LogP contribution in [0.5, 0.6) is 0 Å². The minimum absolute atomic E-state index is 0.131. The van der Waals surface area contributed by atoms with E-state index < -0.39 is 6.04 Å². The fourth-order valence-corrected chi connectivity index (χ4v) is 2.98. The predicted molar refractivity (Wildman–Crippen MR) is 99.4 cm³/mol. The Morgan fingerprint density at radius 1 is 1.16 bits per heavy atom. The SMILES string of the molecule is Cc1ccc(C(N)C(=O)Nc2cccc(N3CCCCC3=O)c2)cc1. The first-order valence-corrected chi connectivity index (χ1v) is 8.58. The van der Waals surface area contributed by atoms with E-state index in [-0.39, 0.29) is 11.8 Å². The lowest BCUT2D eigenvalue weighted by molar-refractivity contribution is -0.119. The van der Waals surface area contributed by atoms with Gasteiger partial charge in [-0.15, -0.1) is 0 Å². The first kappa shape index (κ1) is 17.2. The van der Waals surface area contributed by atoms with E-state index in [0.29, 0.717) is 12.1 Å². The molecule has 1 aliphatic heterocycles. The fraction of sp³-hybridized carbons (Fsp3) is 0.300. The predicted octanol–water partition coefficient (Wildman–Crippen LogP) is 3.15.